The van der Waals surface area contributed by atoms with E-state index in [-0.39, 0.29) is 0 Å². The largest absolute Gasteiger partial charge is 0.354 e. The molecule has 1 heterocycles. The zero-order chi connectivity index (χ0) is 14.0. The van der Waals surface area contributed by atoms with Gasteiger partial charge in [-0.3, -0.25) is 4.84 Å². The summed E-state index contributed by atoms with van der Waals surface area (Å²) in [6.07, 6.45) is 5.05. The highest BCUT2D eigenvalue weighted by molar-refractivity contribution is 5.80. The monoisotopic (exact) mass is 275 g/mol. The molecule has 0 saturated carbocycles. The summed E-state index contributed by atoms with van der Waals surface area (Å²) in [6.45, 7) is 5.45. The third-order valence-corrected chi connectivity index (χ3v) is 3.34. The number of hydroxylamine groups is 2. The number of unbranched alkanes of at least 4 members (excludes halogenated alkanes) is 3. The number of nitrogens with zero attached hydrogens (tertiary/aromatic N) is 2. The zero-order valence-electron chi connectivity index (χ0n) is 12.3. The Morgan fingerprint density at radius 2 is 2.05 bits per heavy atom. The van der Waals surface area contributed by atoms with E-state index in [4.69, 9.17) is 4.84 Å². The Morgan fingerprint density at radius 1 is 1.20 bits per heavy atom. The third kappa shape index (κ3) is 4.85. The second-order valence-electron chi connectivity index (χ2n) is 5.05. The summed E-state index contributed by atoms with van der Waals surface area (Å²) < 4.78 is 0. The number of hydrogen-bond acceptors (Lipinski definition) is 4. The summed E-state index contributed by atoms with van der Waals surface area (Å²) in [6, 6.07) is 10.2. The Labute approximate surface area is 121 Å². The van der Waals surface area contributed by atoms with E-state index in [1.165, 1.54) is 31.2 Å². The second kappa shape index (κ2) is 8.59. The minimum Gasteiger partial charge on any atom is -0.354 e. The van der Waals surface area contributed by atoms with Gasteiger partial charge >= 0.3 is 0 Å². The maximum Gasteiger partial charge on any atom is 0.218 e. The molecule has 0 amide bonds. The number of rotatable bonds is 8. The van der Waals surface area contributed by atoms with Crippen LogP contribution >= 0.6 is 0 Å². The van der Waals surface area contributed by atoms with Crippen LogP contribution in [0.5, 0.6) is 0 Å². The fraction of sp³-hybridized carbons (Fsp3) is 0.562. The van der Waals surface area contributed by atoms with E-state index >= 15 is 0 Å². The number of hydrogen-bond donors (Lipinski definition) is 1. The van der Waals surface area contributed by atoms with Crippen LogP contribution in [0.15, 0.2) is 35.3 Å². The average Bonchev–Trinajstić information content (AvgIpc) is 2.93. The Morgan fingerprint density at radius 3 is 2.85 bits per heavy atom. The predicted molar refractivity (Wildman–Crippen MR) is 82.4 cm³/mol. The lowest BCUT2D eigenvalue weighted by Gasteiger charge is -2.20. The second-order valence-corrected chi connectivity index (χ2v) is 5.05. The van der Waals surface area contributed by atoms with Crippen LogP contribution < -0.4 is 5.32 Å². The van der Waals surface area contributed by atoms with Gasteiger partial charge in [-0.05, 0) is 12.0 Å². The van der Waals surface area contributed by atoms with Crippen LogP contribution in [0.1, 0.15) is 38.2 Å². The quantitative estimate of drug-likeness (QED) is 0.741. The first-order valence-corrected chi connectivity index (χ1v) is 7.63. The van der Waals surface area contributed by atoms with Gasteiger partial charge in [0.15, 0.2) is 0 Å². The smallest absolute Gasteiger partial charge is 0.218 e. The number of aliphatic imine (C=N–C) groups is 1. The maximum atomic E-state index is 5.82. The van der Waals surface area contributed by atoms with Gasteiger partial charge in [-0.2, -0.15) is 0 Å². The van der Waals surface area contributed by atoms with Crippen LogP contribution in [-0.4, -0.2) is 30.7 Å². The molecule has 4 nitrogen and oxygen atoms in total. The van der Waals surface area contributed by atoms with Crippen molar-refractivity contribution in [1.82, 2.24) is 10.4 Å². The normalized spacial score (nSPS) is 14.4. The molecule has 1 N–H and O–H groups in total. The topological polar surface area (TPSA) is 36.9 Å². The van der Waals surface area contributed by atoms with E-state index in [0.29, 0.717) is 6.61 Å². The molecular formula is C16H25N3O. The van der Waals surface area contributed by atoms with E-state index in [2.05, 4.69) is 29.4 Å². The molecule has 0 aliphatic carbocycles. The van der Waals surface area contributed by atoms with E-state index in [1.807, 2.05) is 23.3 Å². The average molecular weight is 275 g/mol. The van der Waals surface area contributed by atoms with Crippen molar-refractivity contribution in [3.63, 3.8) is 0 Å². The van der Waals surface area contributed by atoms with Crippen molar-refractivity contribution >= 4 is 5.96 Å². The summed E-state index contributed by atoms with van der Waals surface area (Å²) >= 11 is 0. The molecule has 0 unspecified atom stereocenters. The van der Waals surface area contributed by atoms with Crippen molar-refractivity contribution in [1.29, 1.82) is 0 Å². The zero-order valence-corrected chi connectivity index (χ0v) is 12.3. The molecule has 1 aromatic carbocycles. The summed E-state index contributed by atoms with van der Waals surface area (Å²) in [4.78, 5) is 10.3. The molecule has 0 spiro atoms. The van der Waals surface area contributed by atoms with Crippen molar-refractivity contribution in [3.8, 4) is 0 Å². The van der Waals surface area contributed by atoms with Crippen LogP contribution in [0.3, 0.4) is 0 Å². The highest BCUT2D eigenvalue weighted by Gasteiger charge is 2.17. The molecule has 0 saturated heterocycles. The van der Waals surface area contributed by atoms with E-state index in [9.17, 15) is 0 Å². The van der Waals surface area contributed by atoms with Crippen LogP contribution in [0.2, 0.25) is 0 Å². The van der Waals surface area contributed by atoms with Crippen molar-refractivity contribution in [2.75, 3.05) is 19.6 Å². The van der Waals surface area contributed by atoms with Gasteiger partial charge < -0.3 is 5.32 Å². The number of benzene rings is 1. The van der Waals surface area contributed by atoms with Gasteiger partial charge in [0.05, 0.1) is 13.1 Å². The lowest BCUT2D eigenvalue weighted by molar-refractivity contribution is -0.105. The van der Waals surface area contributed by atoms with Crippen molar-refractivity contribution in [3.05, 3.63) is 35.9 Å². The van der Waals surface area contributed by atoms with Crippen molar-refractivity contribution < 1.29 is 4.84 Å². The summed E-state index contributed by atoms with van der Waals surface area (Å²) in [7, 11) is 0. The first kappa shape index (κ1) is 14.9. The minimum atomic E-state index is 0.595. The number of nitrogens with one attached hydrogen (secondary N) is 1. The molecule has 20 heavy (non-hydrogen) atoms. The fourth-order valence-corrected chi connectivity index (χ4v) is 2.18. The summed E-state index contributed by atoms with van der Waals surface area (Å²) in [5.41, 5.74) is 1.18. The molecule has 1 aromatic rings. The molecule has 1 aliphatic heterocycles. The molecule has 0 aromatic heterocycles. The van der Waals surface area contributed by atoms with Crippen LogP contribution in [0.4, 0.5) is 0 Å². The van der Waals surface area contributed by atoms with Gasteiger partial charge in [-0.15, -0.1) is 0 Å². The first-order valence-electron chi connectivity index (χ1n) is 7.63. The molecule has 0 bridgehead atoms. The lowest BCUT2D eigenvalue weighted by Crippen LogP contribution is -2.38. The Bertz CT molecular complexity index is 405. The van der Waals surface area contributed by atoms with Gasteiger partial charge in [-0.25, -0.2) is 10.1 Å². The van der Waals surface area contributed by atoms with E-state index in [0.717, 1.165) is 25.6 Å². The van der Waals surface area contributed by atoms with Gasteiger partial charge in [0.25, 0.3) is 0 Å². The van der Waals surface area contributed by atoms with Crippen LogP contribution in [-0.2, 0) is 11.4 Å². The molecule has 1 aliphatic rings. The Balaban J connectivity index is 1.68. The van der Waals surface area contributed by atoms with Crippen molar-refractivity contribution in [2.45, 2.75) is 39.2 Å². The Kier molecular flexibility index (Phi) is 6.38. The maximum absolute atomic E-state index is 5.82. The van der Waals surface area contributed by atoms with Gasteiger partial charge in [0.2, 0.25) is 5.96 Å². The molecule has 110 valence electrons. The lowest BCUT2D eigenvalue weighted by atomic mass is 10.2. The molecular weight excluding hydrogens is 250 g/mol. The van der Waals surface area contributed by atoms with E-state index < -0.39 is 0 Å². The fourth-order valence-electron chi connectivity index (χ4n) is 2.18. The third-order valence-electron chi connectivity index (χ3n) is 3.34. The molecule has 2 rings (SSSR count). The van der Waals surface area contributed by atoms with Crippen LogP contribution in [0, 0.1) is 0 Å². The van der Waals surface area contributed by atoms with Crippen LogP contribution in [0.25, 0.3) is 0 Å². The van der Waals surface area contributed by atoms with Gasteiger partial charge in [-0.1, -0.05) is 56.5 Å². The van der Waals surface area contributed by atoms with Gasteiger partial charge in [0.1, 0.15) is 6.61 Å². The molecule has 0 radical (unpaired) electrons. The number of guanidine groups is 1. The minimum absolute atomic E-state index is 0.595. The molecule has 0 fully saturated rings. The summed E-state index contributed by atoms with van der Waals surface area (Å²) in [5.74, 6) is 0.887. The highest BCUT2D eigenvalue weighted by Crippen LogP contribution is 2.07. The first-order chi connectivity index (χ1) is 9.90. The standard InChI is InChI=1S/C16H25N3O/c1-2-3-4-8-11-17-16-18-12-13-19(16)20-14-15-9-6-5-7-10-15/h5-7,9-10H,2-4,8,11-14H2,1H3,(H,17,18). The molecule has 0 atom stereocenters. The van der Waals surface area contributed by atoms with Crippen molar-refractivity contribution in [2.24, 2.45) is 4.99 Å². The predicted octanol–water partition coefficient (Wildman–Crippen LogP) is 2.96. The summed E-state index contributed by atoms with van der Waals surface area (Å²) in [5, 5.41) is 5.26. The van der Waals surface area contributed by atoms with Gasteiger partial charge in [0, 0.05) is 6.54 Å². The molecule has 4 heteroatoms. The SMILES string of the molecule is CCCCCCNC1=NCCN1OCc1ccccc1. The highest BCUT2D eigenvalue weighted by atomic mass is 16.7. The Hall–Kier alpha value is -1.55. The van der Waals surface area contributed by atoms with E-state index in [1.54, 1.807) is 0 Å².